The second kappa shape index (κ2) is 5.72. The van der Waals surface area contributed by atoms with Crippen molar-refractivity contribution in [2.45, 2.75) is 11.9 Å². The molecule has 0 amide bonds. The Hall–Kier alpha value is -1.07. The van der Waals surface area contributed by atoms with E-state index in [2.05, 4.69) is 4.98 Å². The predicted octanol–water partition coefficient (Wildman–Crippen LogP) is 1.83. The molecular formula is C10H13NO3S. The van der Waals surface area contributed by atoms with Gasteiger partial charge >= 0.3 is 5.97 Å². The van der Waals surface area contributed by atoms with Crippen LogP contribution in [0.25, 0.3) is 0 Å². The van der Waals surface area contributed by atoms with Gasteiger partial charge in [0.25, 0.3) is 0 Å². The lowest BCUT2D eigenvalue weighted by atomic mass is 10.2. The van der Waals surface area contributed by atoms with Gasteiger partial charge in [0.1, 0.15) is 5.03 Å². The number of hydrogen-bond acceptors (Lipinski definition) is 4. The van der Waals surface area contributed by atoms with E-state index in [-0.39, 0.29) is 5.56 Å². The van der Waals surface area contributed by atoms with Gasteiger partial charge in [0, 0.05) is 18.6 Å². The first-order chi connectivity index (χ1) is 7.15. The number of pyridine rings is 1. The van der Waals surface area contributed by atoms with Gasteiger partial charge in [0.05, 0.1) is 12.2 Å². The lowest BCUT2D eigenvalue weighted by molar-refractivity contribution is 0.0692. The van der Waals surface area contributed by atoms with Crippen LogP contribution in [0.1, 0.15) is 16.1 Å². The van der Waals surface area contributed by atoms with Crippen molar-refractivity contribution in [3.63, 3.8) is 0 Å². The van der Waals surface area contributed by atoms with Gasteiger partial charge in [-0.1, -0.05) is 0 Å². The molecule has 0 fully saturated rings. The van der Waals surface area contributed by atoms with Crippen LogP contribution < -0.4 is 0 Å². The van der Waals surface area contributed by atoms with E-state index in [4.69, 9.17) is 9.84 Å². The van der Waals surface area contributed by atoms with Gasteiger partial charge < -0.3 is 9.84 Å². The number of hydrogen-bond donors (Lipinski definition) is 1. The Morgan fingerprint density at radius 3 is 2.93 bits per heavy atom. The highest BCUT2D eigenvalue weighted by Gasteiger charge is 2.11. The maximum absolute atomic E-state index is 10.9. The Bertz CT molecular complexity index is 355. The molecule has 0 aliphatic heterocycles. The van der Waals surface area contributed by atoms with Crippen molar-refractivity contribution in [1.29, 1.82) is 0 Å². The first-order valence-electron chi connectivity index (χ1n) is 4.48. The molecule has 0 atom stereocenters. The lowest BCUT2D eigenvalue weighted by Crippen LogP contribution is -2.03. The van der Waals surface area contributed by atoms with Crippen molar-refractivity contribution in [3.8, 4) is 0 Å². The van der Waals surface area contributed by atoms with E-state index in [1.165, 1.54) is 11.8 Å². The molecule has 0 unspecified atom stereocenters. The summed E-state index contributed by atoms with van der Waals surface area (Å²) >= 11 is 1.40. The van der Waals surface area contributed by atoms with Crippen molar-refractivity contribution < 1.29 is 14.6 Å². The molecule has 0 saturated heterocycles. The number of rotatable bonds is 5. The number of thioether (sulfide) groups is 1. The smallest absolute Gasteiger partial charge is 0.338 e. The molecule has 4 nitrogen and oxygen atoms in total. The lowest BCUT2D eigenvalue weighted by Gasteiger charge is -2.05. The van der Waals surface area contributed by atoms with Crippen molar-refractivity contribution in [2.24, 2.45) is 0 Å². The standard InChI is InChI=1S/C10H13NO3S/c1-7-3-4-8(10(12)13)9(11-7)15-6-5-14-2/h3-4H,5-6H2,1-2H3,(H,12,13). The fourth-order valence-electron chi connectivity index (χ4n) is 1.03. The molecule has 0 aliphatic carbocycles. The highest BCUT2D eigenvalue weighted by molar-refractivity contribution is 7.99. The summed E-state index contributed by atoms with van der Waals surface area (Å²) in [4.78, 5) is 15.1. The maximum Gasteiger partial charge on any atom is 0.338 e. The zero-order valence-electron chi connectivity index (χ0n) is 8.69. The molecule has 1 aromatic rings. The van der Waals surface area contributed by atoms with Crippen LogP contribution in [0, 0.1) is 6.92 Å². The molecular weight excluding hydrogens is 214 g/mol. The minimum Gasteiger partial charge on any atom is -0.478 e. The summed E-state index contributed by atoms with van der Waals surface area (Å²) in [6.07, 6.45) is 0. The quantitative estimate of drug-likeness (QED) is 0.614. The summed E-state index contributed by atoms with van der Waals surface area (Å²) in [6.45, 7) is 2.42. The van der Waals surface area contributed by atoms with Crippen LogP contribution in [0.15, 0.2) is 17.2 Å². The zero-order valence-corrected chi connectivity index (χ0v) is 9.50. The zero-order chi connectivity index (χ0) is 11.3. The van der Waals surface area contributed by atoms with Crippen molar-refractivity contribution in [3.05, 3.63) is 23.4 Å². The topological polar surface area (TPSA) is 59.4 Å². The molecule has 82 valence electrons. The number of nitrogens with zero attached hydrogens (tertiary/aromatic N) is 1. The molecule has 0 saturated carbocycles. The highest BCUT2D eigenvalue weighted by atomic mass is 32.2. The fraction of sp³-hybridized carbons (Fsp3) is 0.400. The molecule has 1 rings (SSSR count). The van der Waals surface area contributed by atoms with E-state index < -0.39 is 5.97 Å². The minimum absolute atomic E-state index is 0.252. The summed E-state index contributed by atoms with van der Waals surface area (Å²) in [5.74, 6) is -0.241. The number of aryl methyl sites for hydroxylation is 1. The molecule has 5 heteroatoms. The molecule has 1 N–H and O–H groups in total. The Kier molecular flexibility index (Phi) is 4.58. The summed E-state index contributed by atoms with van der Waals surface area (Å²) in [5.41, 5.74) is 1.07. The fourth-order valence-corrected chi connectivity index (χ4v) is 1.99. The van der Waals surface area contributed by atoms with Crippen molar-refractivity contribution in [1.82, 2.24) is 4.98 Å². The largest absolute Gasteiger partial charge is 0.478 e. The summed E-state index contributed by atoms with van der Waals surface area (Å²) in [6, 6.07) is 3.28. The van der Waals surface area contributed by atoms with Gasteiger partial charge in [0.15, 0.2) is 0 Å². The van der Waals surface area contributed by atoms with Crippen LogP contribution in [0.5, 0.6) is 0 Å². The van der Waals surface area contributed by atoms with Gasteiger partial charge in [-0.2, -0.15) is 0 Å². The van der Waals surface area contributed by atoms with E-state index in [9.17, 15) is 4.79 Å². The average molecular weight is 227 g/mol. The van der Waals surface area contributed by atoms with Crippen LogP contribution in [0.3, 0.4) is 0 Å². The predicted molar refractivity (Wildman–Crippen MR) is 58.5 cm³/mol. The van der Waals surface area contributed by atoms with E-state index in [1.807, 2.05) is 6.92 Å². The molecule has 0 aliphatic rings. The number of ether oxygens (including phenoxy) is 1. The summed E-state index contributed by atoms with van der Waals surface area (Å²) < 4.78 is 4.90. The van der Waals surface area contributed by atoms with Crippen molar-refractivity contribution >= 4 is 17.7 Å². The number of methoxy groups -OCH3 is 1. The second-order valence-electron chi connectivity index (χ2n) is 2.95. The number of aromatic nitrogens is 1. The third kappa shape index (κ3) is 3.53. The van der Waals surface area contributed by atoms with Crippen LogP contribution in [0.4, 0.5) is 0 Å². The van der Waals surface area contributed by atoms with E-state index in [0.717, 1.165) is 5.69 Å². The van der Waals surface area contributed by atoms with Crippen LogP contribution >= 0.6 is 11.8 Å². The monoisotopic (exact) mass is 227 g/mol. The Balaban J connectivity index is 2.82. The SMILES string of the molecule is COCCSc1nc(C)ccc1C(=O)O. The second-order valence-corrected chi connectivity index (χ2v) is 4.04. The number of carbonyl (C=O) groups is 1. The number of aromatic carboxylic acids is 1. The molecule has 1 aromatic heterocycles. The van der Waals surface area contributed by atoms with E-state index >= 15 is 0 Å². The Morgan fingerprint density at radius 2 is 2.33 bits per heavy atom. The van der Waals surface area contributed by atoms with Gasteiger partial charge in [-0.25, -0.2) is 9.78 Å². The van der Waals surface area contributed by atoms with E-state index in [1.54, 1.807) is 19.2 Å². The number of carboxylic acid groups (broad SMARTS) is 1. The van der Waals surface area contributed by atoms with Crippen molar-refractivity contribution in [2.75, 3.05) is 19.5 Å². The van der Waals surface area contributed by atoms with Crippen LogP contribution in [-0.2, 0) is 4.74 Å². The number of carboxylic acids is 1. The van der Waals surface area contributed by atoms with Gasteiger partial charge in [-0.05, 0) is 19.1 Å². The normalized spacial score (nSPS) is 10.3. The summed E-state index contributed by atoms with van der Waals surface area (Å²) in [5, 5.41) is 9.48. The first kappa shape index (κ1) is 12.0. The molecule has 0 radical (unpaired) electrons. The molecule has 15 heavy (non-hydrogen) atoms. The summed E-state index contributed by atoms with van der Waals surface area (Å²) in [7, 11) is 1.61. The Labute approximate surface area is 92.7 Å². The molecule has 0 bridgehead atoms. The van der Waals surface area contributed by atoms with Gasteiger partial charge in [-0.3, -0.25) is 0 Å². The minimum atomic E-state index is -0.942. The molecule has 0 aromatic carbocycles. The molecule has 0 spiro atoms. The maximum atomic E-state index is 10.9. The van der Waals surface area contributed by atoms with Gasteiger partial charge in [0.2, 0.25) is 0 Å². The van der Waals surface area contributed by atoms with Crippen LogP contribution in [0.2, 0.25) is 0 Å². The molecule has 1 heterocycles. The van der Waals surface area contributed by atoms with Gasteiger partial charge in [-0.15, -0.1) is 11.8 Å². The average Bonchev–Trinajstić information content (AvgIpc) is 2.18. The first-order valence-corrected chi connectivity index (χ1v) is 5.46. The third-order valence-electron chi connectivity index (χ3n) is 1.76. The highest BCUT2D eigenvalue weighted by Crippen LogP contribution is 2.20. The third-order valence-corrected chi connectivity index (χ3v) is 2.71. The van der Waals surface area contributed by atoms with Crippen LogP contribution in [-0.4, -0.2) is 35.5 Å². The van der Waals surface area contributed by atoms with E-state index in [0.29, 0.717) is 17.4 Å². The Morgan fingerprint density at radius 1 is 1.60 bits per heavy atom.